The van der Waals surface area contributed by atoms with Gasteiger partial charge in [0.05, 0.1) is 23.8 Å². The maximum absolute atomic E-state index is 4.47. The van der Waals surface area contributed by atoms with Gasteiger partial charge in [0.1, 0.15) is 6.33 Å². The van der Waals surface area contributed by atoms with Gasteiger partial charge < -0.3 is 5.32 Å². The summed E-state index contributed by atoms with van der Waals surface area (Å²) in [5.74, 6) is 0.866. The van der Waals surface area contributed by atoms with Crippen molar-refractivity contribution in [3.8, 4) is 5.82 Å². The molecular weight excluding hydrogens is 226 g/mol. The second-order valence-electron chi connectivity index (χ2n) is 4.61. The number of hydrogen-bond donors (Lipinski definition) is 1. The zero-order valence-corrected chi connectivity index (χ0v) is 10.6. The van der Waals surface area contributed by atoms with Gasteiger partial charge in [-0.25, -0.2) is 9.97 Å². The molecule has 5 nitrogen and oxygen atoms in total. The Morgan fingerprint density at radius 2 is 2.06 bits per heavy atom. The smallest absolute Gasteiger partial charge is 0.156 e. The van der Waals surface area contributed by atoms with Gasteiger partial charge in [-0.05, 0) is 32.7 Å². The van der Waals surface area contributed by atoms with E-state index in [2.05, 4.69) is 24.8 Å². The first kappa shape index (κ1) is 11.3. The van der Waals surface area contributed by atoms with Crippen molar-refractivity contribution in [1.29, 1.82) is 0 Å². The fraction of sp³-hybridized carbons (Fsp3) is 0.462. The summed E-state index contributed by atoms with van der Waals surface area (Å²) in [7, 11) is 1.90. The van der Waals surface area contributed by atoms with E-state index in [0.717, 1.165) is 30.9 Å². The van der Waals surface area contributed by atoms with Crippen LogP contribution in [0.4, 0.5) is 0 Å². The van der Waals surface area contributed by atoms with Crippen molar-refractivity contribution in [2.75, 3.05) is 7.05 Å². The number of hydrogen-bond acceptors (Lipinski definition) is 4. The fourth-order valence-corrected chi connectivity index (χ4v) is 2.41. The average Bonchev–Trinajstić information content (AvgIpc) is 2.84. The van der Waals surface area contributed by atoms with Crippen LogP contribution in [0.2, 0.25) is 0 Å². The number of aromatic nitrogens is 4. The first-order chi connectivity index (χ1) is 8.88. The van der Waals surface area contributed by atoms with Crippen LogP contribution in [0.1, 0.15) is 29.9 Å². The molecule has 94 valence electrons. The predicted octanol–water partition coefficient (Wildman–Crippen LogP) is 1.26. The molecule has 18 heavy (non-hydrogen) atoms. The van der Waals surface area contributed by atoms with Gasteiger partial charge >= 0.3 is 0 Å². The van der Waals surface area contributed by atoms with E-state index in [0.29, 0.717) is 0 Å². The summed E-state index contributed by atoms with van der Waals surface area (Å²) >= 11 is 0. The van der Waals surface area contributed by atoms with Crippen LogP contribution in [0, 0.1) is 0 Å². The van der Waals surface area contributed by atoms with Crippen LogP contribution in [0.5, 0.6) is 0 Å². The van der Waals surface area contributed by atoms with Crippen molar-refractivity contribution in [1.82, 2.24) is 24.8 Å². The molecule has 0 aromatic carbocycles. The van der Waals surface area contributed by atoms with Crippen LogP contribution in [0.25, 0.3) is 5.82 Å². The van der Waals surface area contributed by atoms with Crippen molar-refractivity contribution >= 4 is 0 Å². The zero-order chi connectivity index (χ0) is 12.4. The highest BCUT2D eigenvalue weighted by atomic mass is 15.1. The molecule has 0 atom stereocenters. The molecule has 1 aliphatic carbocycles. The highest BCUT2D eigenvalue weighted by Crippen LogP contribution is 2.21. The van der Waals surface area contributed by atoms with Crippen LogP contribution in [0.15, 0.2) is 18.7 Å². The SMILES string of the molecule is CNCc1cnc(-n2cnc3c2CCCC3)cn1. The first-order valence-corrected chi connectivity index (χ1v) is 6.39. The summed E-state index contributed by atoms with van der Waals surface area (Å²) in [6, 6.07) is 0. The van der Waals surface area contributed by atoms with E-state index in [1.165, 1.54) is 24.2 Å². The molecule has 0 radical (unpaired) electrons. The summed E-state index contributed by atoms with van der Waals surface area (Å²) in [5.41, 5.74) is 3.48. The molecule has 0 saturated carbocycles. The molecule has 1 aliphatic rings. The highest BCUT2D eigenvalue weighted by molar-refractivity contribution is 5.28. The summed E-state index contributed by atoms with van der Waals surface area (Å²) < 4.78 is 2.07. The third-order valence-corrected chi connectivity index (χ3v) is 3.33. The van der Waals surface area contributed by atoms with Gasteiger partial charge in [-0.2, -0.15) is 0 Å². The number of nitrogens with zero attached hydrogens (tertiary/aromatic N) is 4. The summed E-state index contributed by atoms with van der Waals surface area (Å²) in [6.07, 6.45) is 10.2. The molecular formula is C13H17N5. The lowest BCUT2D eigenvalue weighted by Gasteiger charge is -2.13. The molecule has 0 aliphatic heterocycles. The maximum Gasteiger partial charge on any atom is 0.156 e. The Labute approximate surface area is 106 Å². The van der Waals surface area contributed by atoms with Gasteiger partial charge in [0.15, 0.2) is 5.82 Å². The Morgan fingerprint density at radius 1 is 1.17 bits per heavy atom. The topological polar surface area (TPSA) is 55.6 Å². The lowest BCUT2D eigenvalue weighted by atomic mass is 10.0. The largest absolute Gasteiger partial charge is 0.314 e. The quantitative estimate of drug-likeness (QED) is 0.881. The van der Waals surface area contributed by atoms with E-state index in [-0.39, 0.29) is 0 Å². The standard InChI is InChI=1S/C13H17N5/c1-14-6-10-7-16-13(8-15-10)18-9-17-11-4-2-3-5-12(11)18/h7-9,14H,2-6H2,1H3. The first-order valence-electron chi connectivity index (χ1n) is 6.39. The molecule has 0 fully saturated rings. The molecule has 2 aromatic heterocycles. The van der Waals surface area contributed by atoms with Gasteiger partial charge in [0.25, 0.3) is 0 Å². The highest BCUT2D eigenvalue weighted by Gasteiger charge is 2.16. The zero-order valence-electron chi connectivity index (χ0n) is 10.6. The van der Waals surface area contributed by atoms with E-state index in [1.807, 2.05) is 25.8 Å². The minimum Gasteiger partial charge on any atom is -0.314 e. The second kappa shape index (κ2) is 4.86. The average molecular weight is 243 g/mol. The van der Waals surface area contributed by atoms with Gasteiger partial charge in [0, 0.05) is 12.2 Å². The maximum atomic E-state index is 4.47. The van der Waals surface area contributed by atoms with Crippen molar-refractivity contribution in [3.05, 3.63) is 35.8 Å². The Balaban J connectivity index is 1.92. The molecule has 0 bridgehead atoms. The van der Waals surface area contributed by atoms with E-state index in [4.69, 9.17) is 0 Å². The van der Waals surface area contributed by atoms with Crippen molar-refractivity contribution in [2.24, 2.45) is 0 Å². The van der Waals surface area contributed by atoms with Crippen molar-refractivity contribution in [3.63, 3.8) is 0 Å². The molecule has 3 rings (SSSR count). The number of fused-ring (bicyclic) bond motifs is 1. The van der Waals surface area contributed by atoms with Crippen molar-refractivity contribution in [2.45, 2.75) is 32.2 Å². The van der Waals surface area contributed by atoms with E-state index < -0.39 is 0 Å². The minimum absolute atomic E-state index is 0.745. The Bertz CT molecular complexity index is 529. The van der Waals surface area contributed by atoms with E-state index in [1.54, 1.807) is 0 Å². The number of nitrogens with one attached hydrogen (secondary N) is 1. The predicted molar refractivity (Wildman–Crippen MR) is 68.6 cm³/mol. The van der Waals surface area contributed by atoms with Gasteiger partial charge in [-0.15, -0.1) is 0 Å². The third kappa shape index (κ3) is 2.01. The van der Waals surface area contributed by atoms with Crippen LogP contribution >= 0.6 is 0 Å². The summed E-state index contributed by atoms with van der Waals surface area (Å²) in [6.45, 7) is 0.745. The van der Waals surface area contributed by atoms with Gasteiger partial charge in [-0.1, -0.05) is 0 Å². The molecule has 2 heterocycles. The van der Waals surface area contributed by atoms with Gasteiger partial charge in [-0.3, -0.25) is 9.55 Å². The number of aryl methyl sites for hydroxylation is 1. The second-order valence-corrected chi connectivity index (χ2v) is 4.61. The van der Waals surface area contributed by atoms with Gasteiger partial charge in [0.2, 0.25) is 0 Å². The lowest BCUT2D eigenvalue weighted by Crippen LogP contribution is -2.10. The van der Waals surface area contributed by atoms with E-state index >= 15 is 0 Å². The molecule has 0 spiro atoms. The monoisotopic (exact) mass is 243 g/mol. The summed E-state index contributed by atoms with van der Waals surface area (Å²) in [5, 5.41) is 3.07. The molecule has 1 N–H and O–H groups in total. The number of imidazole rings is 1. The third-order valence-electron chi connectivity index (χ3n) is 3.33. The summed E-state index contributed by atoms with van der Waals surface area (Å²) in [4.78, 5) is 13.3. The van der Waals surface area contributed by atoms with Crippen LogP contribution in [0.3, 0.4) is 0 Å². The van der Waals surface area contributed by atoms with Crippen molar-refractivity contribution < 1.29 is 0 Å². The van der Waals surface area contributed by atoms with Crippen LogP contribution < -0.4 is 5.32 Å². The Hall–Kier alpha value is -1.75. The van der Waals surface area contributed by atoms with E-state index in [9.17, 15) is 0 Å². The van der Waals surface area contributed by atoms with Crippen LogP contribution in [-0.4, -0.2) is 26.6 Å². The fourth-order valence-electron chi connectivity index (χ4n) is 2.41. The minimum atomic E-state index is 0.745. The van der Waals surface area contributed by atoms with Crippen LogP contribution in [-0.2, 0) is 19.4 Å². The molecule has 2 aromatic rings. The normalized spacial score (nSPS) is 14.5. The molecule has 5 heteroatoms. The number of rotatable bonds is 3. The molecule has 0 saturated heterocycles. The molecule has 0 amide bonds. The lowest BCUT2D eigenvalue weighted by molar-refractivity contribution is 0.653. The Kier molecular flexibility index (Phi) is 3.06. The Morgan fingerprint density at radius 3 is 2.83 bits per heavy atom. The molecule has 0 unspecified atom stereocenters.